The molecule has 16 heavy (non-hydrogen) atoms. The maximum Gasteiger partial charge on any atom is 0.220 e. The number of carbonyl (C=O) groups is 1. The first-order valence-electron chi connectivity index (χ1n) is 5.66. The number of carbonyl (C=O) groups excluding carboxylic acids is 1. The van der Waals surface area contributed by atoms with Crippen LogP contribution in [0.1, 0.15) is 38.5 Å². The summed E-state index contributed by atoms with van der Waals surface area (Å²) in [7, 11) is 0. The van der Waals surface area contributed by atoms with Gasteiger partial charge in [0.05, 0.1) is 12.3 Å². The Balaban J connectivity index is 2.29. The third-order valence-corrected chi connectivity index (χ3v) is 2.61. The van der Waals surface area contributed by atoms with Crippen LogP contribution in [0, 0.1) is 5.92 Å². The summed E-state index contributed by atoms with van der Waals surface area (Å²) in [6, 6.07) is 3.60. The van der Waals surface area contributed by atoms with E-state index in [4.69, 9.17) is 10.2 Å². The van der Waals surface area contributed by atoms with E-state index in [0.717, 1.165) is 12.2 Å². The number of hydrogen-bond acceptors (Lipinski definition) is 3. The predicted molar refractivity (Wildman–Crippen MR) is 62.7 cm³/mol. The maximum atomic E-state index is 11.6. The fourth-order valence-corrected chi connectivity index (χ4v) is 1.42. The van der Waals surface area contributed by atoms with Crippen LogP contribution in [-0.4, -0.2) is 12.5 Å². The molecule has 0 fully saturated rings. The van der Waals surface area contributed by atoms with E-state index in [1.54, 1.807) is 6.26 Å². The minimum absolute atomic E-state index is 0.0456. The van der Waals surface area contributed by atoms with Gasteiger partial charge in [-0.25, -0.2) is 0 Å². The number of nitrogens with one attached hydrogen (secondary N) is 1. The van der Waals surface area contributed by atoms with Crippen LogP contribution in [-0.2, 0) is 4.79 Å². The van der Waals surface area contributed by atoms with Gasteiger partial charge in [-0.15, -0.1) is 0 Å². The molecule has 0 aromatic carbocycles. The SMILES string of the molecule is CC(CN)CCC(=O)NC(C)c1ccco1. The Morgan fingerprint density at radius 2 is 2.31 bits per heavy atom. The molecule has 1 aromatic rings. The lowest BCUT2D eigenvalue weighted by molar-refractivity contribution is -0.122. The Kier molecular flexibility index (Phi) is 5.05. The summed E-state index contributed by atoms with van der Waals surface area (Å²) in [5.74, 6) is 1.22. The zero-order valence-corrected chi connectivity index (χ0v) is 9.90. The Labute approximate surface area is 96.2 Å². The molecule has 2 unspecified atom stereocenters. The van der Waals surface area contributed by atoms with Crippen LogP contribution < -0.4 is 11.1 Å². The summed E-state index contributed by atoms with van der Waals surface area (Å²) in [5.41, 5.74) is 5.49. The third kappa shape index (κ3) is 4.06. The number of amides is 1. The molecular formula is C12H20N2O2. The average Bonchev–Trinajstić information content (AvgIpc) is 2.79. The van der Waals surface area contributed by atoms with Crippen molar-refractivity contribution in [3.63, 3.8) is 0 Å². The number of furan rings is 1. The number of nitrogens with two attached hydrogens (primary N) is 1. The molecule has 1 heterocycles. The summed E-state index contributed by atoms with van der Waals surface area (Å²) in [6.07, 6.45) is 2.95. The molecule has 2 atom stereocenters. The van der Waals surface area contributed by atoms with E-state index in [-0.39, 0.29) is 11.9 Å². The molecule has 0 aliphatic heterocycles. The molecule has 4 nitrogen and oxygen atoms in total. The van der Waals surface area contributed by atoms with Gasteiger partial charge in [0.2, 0.25) is 5.91 Å². The summed E-state index contributed by atoms with van der Waals surface area (Å²) < 4.78 is 5.21. The average molecular weight is 224 g/mol. The molecule has 0 saturated heterocycles. The topological polar surface area (TPSA) is 68.3 Å². The third-order valence-electron chi connectivity index (χ3n) is 2.61. The van der Waals surface area contributed by atoms with Crippen molar-refractivity contribution in [2.45, 2.75) is 32.7 Å². The minimum atomic E-state index is -0.0734. The zero-order valence-electron chi connectivity index (χ0n) is 9.90. The molecular weight excluding hydrogens is 204 g/mol. The van der Waals surface area contributed by atoms with E-state index >= 15 is 0 Å². The predicted octanol–water partition coefficient (Wildman–Crippen LogP) is 1.83. The van der Waals surface area contributed by atoms with Crippen molar-refractivity contribution in [3.05, 3.63) is 24.2 Å². The molecule has 0 saturated carbocycles. The van der Waals surface area contributed by atoms with Crippen molar-refractivity contribution in [3.8, 4) is 0 Å². The molecule has 0 spiro atoms. The summed E-state index contributed by atoms with van der Waals surface area (Å²) in [5, 5.41) is 2.89. The Hall–Kier alpha value is -1.29. The lowest BCUT2D eigenvalue weighted by Crippen LogP contribution is -2.27. The highest BCUT2D eigenvalue weighted by Gasteiger charge is 2.12. The van der Waals surface area contributed by atoms with Crippen molar-refractivity contribution < 1.29 is 9.21 Å². The molecule has 0 aliphatic carbocycles. The van der Waals surface area contributed by atoms with Gasteiger partial charge in [0, 0.05) is 6.42 Å². The van der Waals surface area contributed by atoms with E-state index in [1.807, 2.05) is 26.0 Å². The first-order chi connectivity index (χ1) is 7.63. The smallest absolute Gasteiger partial charge is 0.220 e. The van der Waals surface area contributed by atoms with Gasteiger partial charge < -0.3 is 15.5 Å². The Morgan fingerprint density at radius 3 is 2.88 bits per heavy atom. The van der Waals surface area contributed by atoms with Crippen LogP contribution in [0.3, 0.4) is 0 Å². The molecule has 3 N–H and O–H groups in total. The highest BCUT2D eigenvalue weighted by molar-refractivity contribution is 5.76. The Bertz CT molecular complexity index is 309. The van der Waals surface area contributed by atoms with Gasteiger partial charge in [-0.2, -0.15) is 0 Å². The molecule has 0 radical (unpaired) electrons. The Morgan fingerprint density at radius 1 is 1.56 bits per heavy atom. The number of rotatable bonds is 6. The molecule has 0 bridgehead atoms. The van der Waals surface area contributed by atoms with Crippen LogP contribution >= 0.6 is 0 Å². The standard InChI is InChI=1S/C12H20N2O2/c1-9(8-13)5-6-12(15)14-10(2)11-4-3-7-16-11/h3-4,7,9-10H,5-6,8,13H2,1-2H3,(H,14,15). The van der Waals surface area contributed by atoms with Gasteiger partial charge in [0.25, 0.3) is 0 Å². The fraction of sp³-hybridized carbons (Fsp3) is 0.583. The van der Waals surface area contributed by atoms with Crippen LogP contribution in [0.4, 0.5) is 0 Å². The second kappa shape index (κ2) is 6.33. The highest BCUT2D eigenvalue weighted by atomic mass is 16.3. The fourth-order valence-electron chi connectivity index (χ4n) is 1.42. The quantitative estimate of drug-likeness (QED) is 0.774. The van der Waals surface area contributed by atoms with Gasteiger partial charge in [-0.3, -0.25) is 4.79 Å². The van der Waals surface area contributed by atoms with Gasteiger partial charge in [-0.05, 0) is 37.9 Å². The van der Waals surface area contributed by atoms with Crippen molar-refractivity contribution in [2.24, 2.45) is 11.7 Å². The van der Waals surface area contributed by atoms with E-state index in [2.05, 4.69) is 5.32 Å². The molecule has 0 aliphatic rings. The molecule has 1 amide bonds. The summed E-state index contributed by atoms with van der Waals surface area (Å²) >= 11 is 0. The van der Waals surface area contributed by atoms with Crippen LogP contribution in [0.5, 0.6) is 0 Å². The van der Waals surface area contributed by atoms with Crippen LogP contribution in [0.15, 0.2) is 22.8 Å². The van der Waals surface area contributed by atoms with Gasteiger partial charge in [0.1, 0.15) is 5.76 Å². The minimum Gasteiger partial charge on any atom is -0.467 e. The van der Waals surface area contributed by atoms with Gasteiger partial charge in [-0.1, -0.05) is 6.92 Å². The van der Waals surface area contributed by atoms with Gasteiger partial charge >= 0.3 is 0 Å². The highest BCUT2D eigenvalue weighted by Crippen LogP contribution is 2.12. The summed E-state index contributed by atoms with van der Waals surface area (Å²) in [6.45, 7) is 4.58. The van der Waals surface area contributed by atoms with E-state index in [1.165, 1.54) is 0 Å². The van der Waals surface area contributed by atoms with E-state index in [9.17, 15) is 4.79 Å². The van der Waals surface area contributed by atoms with Gasteiger partial charge in [0.15, 0.2) is 0 Å². The molecule has 1 rings (SSSR count). The van der Waals surface area contributed by atoms with Crippen molar-refractivity contribution in [1.29, 1.82) is 0 Å². The largest absolute Gasteiger partial charge is 0.467 e. The van der Waals surface area contributed by atoms with Crippen LogP contribution in [0.25, 0.3) is 0 Å². The lowest BCUT2D eigenvalue weighted by Gasteiger charge is -2.12. The van der Waals surface area contributed by atoms with E-state index < -0.39 is 0 Å². The normalized spacial score (nSPS) is 14.4. The second-order valence-corrected chi connectivity index (χ2v) is 4.18. The molecule has 1 aromatic heterocycles. The van der Waals surface area contributed by atoms with Crippen molar-refractivity contribution >= 4 is 5.91 Å². The monoisotopic (exact) mass is 224 g/mol. The summed E-state index contributed by atoms with van der Waals surface area (Å²) in [4.78, 5) is 11.6. The first kappa shape index (κ1) is 12.8. The zero-order chi connectivity index (χ0) is 12.0. The lowest BCUT2D eigenvalue weighted by atomic mass is 10.1. The van der Waals surface area contributed by atoms with Crippen LogP contribution in [0.2, 0.25) is 0 Å². The molecule has 4 heteroatoms. The van der Waals surface area contributed by atoms with E-state index in [0.29, 0.717) is 18.9 Å². The van der Waals surface area contributed by atoms with Crippen molar-refractivity contribution in [1.82, 2.24) is 5.32 Å². The molecule has 90 valence electrons. The van der Waals surface area contributed by atoms with Crippen molar-refractivity contribution in [2.75, 3.05) is 6.54 Å². The first-order valence-corrected chi connectivity index (χ1v) is 5.66. The number of hydrogen-bond donors (Lipinski definition) is 2. The maximum absolute atomic E-state index is 11.6. The second-order valence-electron chi connectivity index (χ2n) is 4.18.